The van der Waals surface area contributed by atoms with Gasteiger partial charge in [0, 0.05) is 11.4 Å². The van der Waals surface area contributed by atoms with Crippen LogP contribution in [0.1, 0.15) is 19.3 Å². The maximum absolute atomic E-state index is 10.8. The second-order valence-electron chi connectivity index (χ2n) is 3.44. The van der Waals surface area contributed by atoms with Crippen LogP contribution in [0.4, 0.5) is 5.69 Å². The number of hydrogen-bond donors (Lipinski definition) is 0. The number of para-hydroxylation sites is 1. The molecule has 17 heavy (non-hydrogen) atoms. The zero-order valence-corrected chi connectivity index (χ0v) is 12.4. The van der Waals surface area contributed by atoms with E-state index in [2.05, 4.69) is 31.9 Å². The van der Waals surface area contributed by atoms with Crippen LogP contribution in [-0.4, -0.2) is 16.9 Å². The number of nitro groups is 1. The van der Waals surface area contributed by atoms with Gasteiger partial charge in [-0.2, -0.15) is 0 Å². The molecule has 0 N–H and O–H groups in total. The molecule has 0 aliphatic heterocycles. The van der Waals surface area contributed by atoms with Gasteiger partial charge in [-0.25, -0.2) is 0 Å². The average Bonchev–Trinajstić information content (AvgIpc) is 2.30. The van der Waals surface area contributed by atoms with Gasteiger partial charge in [-0.15, -0.1) is 0 Å². The minimum absolute atomic E-state index is 0.000124. The molecule has 4 nitrogen and oxygen atoms in total. The molecule has 94 valence electrons. The van der Waals surface area contributed by atoms with Gasteiger partial charge in [0.2, 0.25) is 5.75 Å². The van der Waals surface area contributed by atoms with E-state index in [-0.39, 0.29) is 5.69 Å². The average molecular weight is 367 g/mol. The fourth-order valence-electron chi connectivity index (χ4n) is 1.33. The summed E-state index contributed by atoms with van der Waals surface area (Å²) in [7, 11) is 0. The standard InChI is InChI=1S/C11H13Br2NO3/c12-7-2-1-3-8-17-11-9(13)5-4-6-10(11)14(15)16/h4-6H,1-3,7-8H2. The molecule has 0 heterocycles. The van der Waals surface area contributed by atoms with Gasteiger partial charge in [0.1, 0.15) is 0 Å². The lowest BCUT2D eigenvalue weighted by atomic mass is 10.2. The number of unbranched alkanes of at least 4 members (excludes halogenated alkanes) is 2. The first-order valence-corrected chi connectivity index (χ1v) is 7.20. The Kier molecular flexibility index (Phi) is 6.50. The number of nitrogens with zero attached hydrogens (tertiary/aromatic N) is 1. The highest BCUT2D eigenvalue weighted by atomic mass is 79.9. The Morgan fingerprint density at radius 1 is 1.29 bits per heavy atom. The van der Waals surface area contributed by atoms with Crippen molar-refractivity contribution in [2.75, 3.05) is 11.9 Å². The fourth-order valence-corrected chi connectivity index (χ4v) is 2.20. The quantitative estimate of drug-likeness (QED) is 0.313. The molecule has 1 aromatic rings. The number of hydrogen-bond acceptors (Lipinski definition) is 3. The van der Waals surface area contributed by atoms with E-state index < -0.39 is 4.92 Å². The first kappa shape index (κ1) is 14.4. The number of halogens is 2. The molecule has 0 aliphatic rings. The van der Waals surface area contributed by atoms with Crippen molar-refractivity contribution in [3.63, 3.8) is 0 Å². The molecular weight excluding hydrogens is 354 g/mol. The molecule has 6 heteroatoms. The first-order chi connectivity index (χ1) is 8.16. The largest absolute Gasteiger partial charge is 0.486 e. The molecule has 0 unspecified atom stereocenters. The number of nitro benzene ring substituents is 1. The summed E-state index contributed by atoms with van der Waals surface area (Å²) in [4.78, 5) is 10.4. The zero-order valence-electron chi connectivity index (χ0n) is 9.20. The van der Waals surface area contributed by atoms with Crippen molar-refractivity contribution in [3.05, 3.63) is 32.8 Å². The van der Waals surface area contributed by atoms with Crippen LogP contribution in [0, 0.1) is 10.1 Å². The van der Waals surface area contributed by atoms with Crippen molar-refractivity contribution in [2.24, 2.45) is 0 Å². The third-order valence-corrected chi connectivity index (χ3v) is 3.35. The monoisotopic (exact) mass is 365 g/mol. The highest BCUT2D eigenvalue weighted by Gasteiger charge is 2.17. The van der Waals surface area contributed by atoms with Crippen LogP contribution < -0.4 is 4.74 Å². The van der Waals surface area contributed by atoms with Gasteiger partial charge in [0.05, 0.1) is 16.0 Å². The Morgan fingerprint density at radius 3 is 2.71 bits per heavy atom. The lowest BCUT2D eigenvalue weighted by molar-refractivity contribution is -0.386. The topological polar surface area (TPSA) is 52.4 Å². The van der Waals surface area contributed by atoms with Crippen molar-refractivity contribution in [1.29, 1.82) is 0 Å². The second-order valence-corrected chi connectivity index (χ2v) is 5.09. The highest BCUT2D eigenvalue weighted by molar-refractivity contribution is 9.10. The van der Waals surface area contributed by atoms with Crippen LogP contribution in [0.25, 0.3) is 0 Å². The lowest BCUT2D eigenvalue weighted by Crippen LogP contribution is -2.01. The molecule has 0 amide bonds. The summed E-state index contributed by atoms with van der Waals surface area (Å²) < 4.78 is 6.09. The van der Waals surface area contributed by atoms with E-state index in [9.17, 15) is 10.1 Å². The molecule has 0 aromatic heterocycles. The van der Waals surface area contributed by atoms with Crippen LogP contribution >= 0.6 is 31.9 Å². The maximum atomic E-state index is 10.8. The predicted molar refractivity (Wildman–Crippen MR) is 73.9 cm³/mol. The van der Waals surface area contributed by atoms with E-state index in [0.29, 0.717) is 16.8 Å². The summed E-state index contributed by atoms with van der Waals surface area (Å²) >= 11 is 6.61. The molecule has 0 saturated heterocycles. The Morgan fingerprint density at radius 2 is 2.06 bits per heavy atom. The minimum atomic E-state index is -0.432. The van der Waals surface area contributed by atoms with Crippen molar-refractivity contribution in [2.45, 2.75) is 19.3 Å². The SMILES string of the molecule is O=[N+]([O-])c1cccc(Br)c1OCCCCCBr. The molecule has 0 fully saturated rings. The Balaban J connectivity index is 2.60. The van der Waals surface area contributed by atoms with Gasteiger partial charge in [-0.1, -0.05) is 22.0 Å². The van der Waals surface area contributed by atoms with Crippen LogP contribution in [0.5, 0.6) is 5.75 Å². The Labute approximate surface area is 117 Å². The summed E-state index contributed by atoms with van der Waals surface area (Å²) in [5, 5.41) is 11.8. The molecule has 0 saturated carbocycles. The van der Waals surface area contributed by atoms with E-state index in [1.165, 1.54) is 6.07 Å². The number of ether oxygens (including phenoxy) is 1. The zero-order chi connectivity index (χ0) is 12.7. The van der Waals surface area contributed by atoms with Crippen molar-refractivity contribution >= 4 is 37.5 Å². The van der Waals surface area contributed by atoms with Crippen LogP contribution in [0.3, 0.4) is 0 Å². The number of alkyl halides is 1. The molecule has 0 atom stereocenters. The van der Waals surface area contributed by atoms with E-state index in [0.717, 1.165) is 24.6 Å². The summed E-state index contributed by atoms with van der Waals surface area (Å²) in [6.45, 7) is 0.496. The molecule has 0 bridgehead atoms. The summed E-state index contributed by atoms with van der Waals surface area (Å²) in [6.07, 6.45) is 3.02. The van der Waals surface area contributed by atoms with Gasteiger partial charge in [0.15, 0.2) is 0 Å². The Hall–Kier alpha value is -0.620. The van der Waals surface area contributed by atoms with Crippen LogP contribution in [-0.2, 0) is 0 Å². The van der Waals surface area contributed by atoms with Gasteiger partial charge in [0.25, 0.3) is 0 Å². The molecule has 0 radical (unpaired) electrons. The highest BCUT2D eigenvalue weighted by Crippen LogP contribution is 2.34. The maximum Gasteiger partial charge on any atom is 0.312 e. The van der Waals surface area contributed by atoms with E-state index >= 15 is 0 Å². The van der Waals surface area contributed by atoms with Crippen molar-refractivity contribution in [1.82, 2.24) is 0 Å². The van der Waals surface area contributed by atoms with E-state index in [4.69, 9.17) is 4.74 Å². The van der Waals surface area contributed by atoms with Crippen LogP contribution in [0.2, 0.25) is 0 Å². The second kappa shape index (κ2) is 7.66. The molecular formula is C11H13Br2NO3. The summed E-state index contributed by atoms with van der Waals surface area (Å²) in [6, 6.07) is 4.80. The van der Waals surface area contributed by atoms with Gasteiger partial charge >= 0.3 is 5.69 Å². The van der Waals surface area contributed by atoms with Crippen LogP contribution in [0.15, 0.2) is 22.7 Å². The van der Waals surface area contributed by atoms with Gasteiger partial charge < -0.3 is 4.74 Å². The van der Waals surface area contributed by atoms with E-state index in [1.807, 2.05) is 0 Å². The van der Waals surface area contributed by atoms with E-state index in [1.54, 1.807) is 12.1 Å². The smallest absolute Gasteiger partial charge is 0.312 e. The van der Waals surface area contributed by atoms with Gasteiger partial charge in [-0.05, 0) is 41.3 Å². The third kappa shape index (κ3) is 4.63. The normalized spacial score (nSPS) is 10.2. The fraction of sp³-hybridized carbons (Fsp3) is 0.455. The van der Waals surface area contributed by atoms with Crippen molar-refractivity contribution in [3.8, 4) is 5.75 Å². The van der Waals surface area contributed by atoms with Gasteiger partial charge in [-0.3, -0.25) is 10.1 Å². The van der Waals surface area contributed by atoms with Crippen molar-refractivity contribution < 1.29 is 9.66 Å². The molecule has 1 rings (SSSR count). The lowest BCUT2D eigenvalue weighted by Gasteiger charge is -2.08. The number of rotatable bonds is 7. The summed E-state index contributed by atoms with van der Waals surface area (Å²) in [5.41, 5.74) is -0.000124. The Bertz CT molecular complexity index is 385. The minimum Gasteiger partial charge on any atom is -0.486 e. The number of benzene rings is 1. The molecule has 0 spiro atoms. The first-order valence-electron chi connectivity index (χ1n) is 5.28. The molecule has 0 aliphatic carbocycles. The third-order valence-electron chi connectivity index (χ3n) is 2.17. The molecule has 1 aromatic carbocycles. The summed E-state index contributed by atoms with van der Waals surface area (Å²) in [5.74, 6) is 0.316. The predicted octanol–water partition coefficient (Wildman–Crippen LogP) is 4.30.